The number of aliphatic hydroxyl groups excluding tert-OH is 1. The van der Waals surface area contributed by atoms with Crippen LogP contribution in [0.2, 0.25) is 0 Å². The maximum Gasteiger partial charge on any atom is 0.339 e. The van der Waals surface area contributed by atoms with Crippen molar-refractivity contribution < 1.29 is 24.1 Å². The number of aliphatic hydroxyl groups is 1. The molecule has 1 N–H and O–H groups in total. The summed E-state index contributed by atoms with van der Waals surface area (Å²) < 4.78 is 17.7. The van der Waals surface area contributed by atoms with Crippen molar-refractivity contribution >= 4 is 21.9 Å². The van der Waals surface area contributed by atoms with Crippen LogP contribution >= 0.6 is 15.9 Å². The van der Waals surface area contributed by atoms with Crippen molar-refractivity contribution in [3.63, 3.8) is 0 Å². The Hall–Kier alpha value is -1.27. The number of fused-ring (bicyclic) bond motifs is 1. The minimum atomic E-state index is -0.660. The first kappa shape index (κ1) is 15.6. The van der Waals surface area contributed by atoms with E-state index in [1.54, 1.807) is 6.07 Å². The summed E-state index contributed by atoms with van der Waals surface area (Å²) in [5.41, 5.74) is 1.18. The molecule has 0 atom stereocenters. The first-order chi connectivity index (χ1) is 10.5. The molecule has 0 radical (unpaired) electrons. The molecule has 1 aromatic rings. The van der Waals surface area contributed by atoms with Gasteiger partial charge >= 0.3 is 5.97 Å². The number of carbonyl (C=O) groups is 1. The SMILES string of the molecule is COC(=O)c1c(Br)cc2c(c1C)OC1(CCC(CO)CC1)O2. The molecule has 1 aliphatic carbocycles. The molecule has 0 saturated heterocycles. The zero-order valence-corrected chi connectivity index (χ0v) is 14.2. The number of methoxy groups -OCH3 is 1. The molecule has 2 aliphatic rings. The van der Waals surface area contributed by atoms with E-state index in [4.69, 9.17) is 14.2 Å². The molecular formula is C16H19BrO5. The van der Waals surface area contributed by atoms with Crippen molar-refractivity contribution in [1.29, 1.82) is 0 Å². The average Bonchev–Trinajstić information content (AvgIpc) is 2.86. The minimum absolute atomic E-state index is 0.208. The Morgan fingerprint density at radius 2 is 2.14 bits per heavy atom. The Morgan fingerprint density at radius 1 is 1.45 bits per heavy atom. The molecule has 0 bridgehead atoms. The first-order valence-corrected chi connectivity index (χ1v) is 8.19. The summed E-state index contributed by atoms with van der Waals surface area (Å²) in [5.74, 6) is 0.527. The van der Waals surface area contributed by atoms with E-state index in [9.17, 15) is 9.90 Å². The predicted molar refractivity (Wildman–Crippen MR) is 83.2 cm³/mol. The standard InChI is InChI=1S/C16H19BrO5/c1-9-13(15(19)20-2)11(17)7-12-14(9)22-16(21-12)5-3-10(8-18)4-6-16/h7,10,18H,3-6,8H2,1-2H3. The zero-order chi connectivity index (χ0) is 15.9. The number of hydrogen-bond donors (Lipinski definition) is 1. The fourth-order valence-electron chi connectivity index (χ4n) is 3.20. The van der Waals surface area contributed by atoms with Gasteiger partial charge in [0.25, 0.3) is 5.79 Å². The number of rotatable bonds is 2. The predicted octanol–water partition coefficient (Wildman–Crippen LogP) is 3.19. The number of hydrogen-bond acceptors (Lipinski definition) is 5. The number of halogens is 1. The summed E-state index contributed by atoms with van der Waals surface area (Å²) in [5, 5.41) is 9.26. The maximum atomic E-state index is 11.9. The van der Waals surface area contributed by atoms with Crippen LogP contribution in [0.5, 0.6) is 11.5 Å². The second kappa shape index (κ2) is 5.74. The van der Waals surface area contributed by atoms with Gasteiger partial charge in [0, 0.05) is 29.5 Å². The maximum absolute atomic E-state index is 11.9. The molecule has 1 heterocycles. The quantitative estimate of drug-likeness (QED) is 0.809. The highest BCUT2D eigenvalue weighted by molar-refractivity contribution is 9.10. The van der Waals surface area contributed by atoms with Crippen LogP contribution in [-0.4, -0.2) is 30.6 Å². The van der Waals surface area contributed by atoms with Crippen LogP contribution in [0.4, 0.5) is 0 Å². The lowest BCUT2D eigenvalue weighted by molar-refractivity contribution is -0.116. The molecular weight excluding hydrogens is 352 g/mol. The Bertz CT molecular complexity index is 605. The van der Waals surface area contributed by atoms with E-state index in [1.165, 1.54) is 7.11 Å². The van der Waals surface area contributed by atoms with Gasteiger partial charge in [0.15, 0.2) is 11.5 Å². The second-order valence-corrected chi connectivity index (χ2v) is 6.77. The van der Waals surface area contributed by atoms with Gasteiger partial charge in [-0.15, -0.1) is 0 Å². The highest BCUT2D eigenvalue weighted by Gasteiger charge is 2.45. The first-order valence-electron chi connectivity index (χ1n) is 7.40. The van der Waals surface area contributed by atoms with Crippen LogP contribution in [0.1, 0.15) is 41.6 Å². The Kier molecular flexibility index (Phi) is 4.07. The van der Waals surface area contributed by atoms with Crippen molar-refractivity contribution in [2.45, 2.75) is 38.4 Å². The molecule has 1 fully saturated rings. The van der Waals surface area contributed by atoms with E-state index in [1.807, 2.05) is 6.92 Å². The number of carbonyl (C=O) groups excluding carboxylic acids is 1. The van der Waals surface area contributed by atoms with Crippen LogP contribution in [0.15, 0.2) is 10.5 Å². The molecule has 22 heavy (non-hydrogen) atoms. The number of ether oxygens (including phenoxy) is 3. The molecule has 3 rings (SSSR count). The largest absolute Gasteiger partial charge is 0.465 e. The summed E-state index contributed by atoms with van der Waals surface area (Å²) in [6.45, 7) is 2.04. The van der Waals surface area contributed by atoms with Gasteiger partial charge in [0.2, 0.25) is 0 Å². The van der Waals surface area contributed by atoms with Gasteiger partial charge in [0.05, 0.1) is 12.7 Å². The van der Waals surface area contributed by atoms with Crippen molar-refractivity contribution in [3.8, 4) is 11.5 Å². The second-order valence-electron chi connectivity index (χ2n) is 5.92. The monoisotopic (exact) mass is 370 g/mol. The summed E-state index contributed by atoms with van der Waals surface area (Å²) >= 11 is 3.41. The third-order valence-electron chi connectivity index (χ3n) is 4.53. The van der Waals surface area contributed by atoms with Crippen molar-refractivity contribution in [2.24, 2.45) is 5.92 Å². The fraction of sp³-hybridized carbons (Fsp3) is 0.562. The van der Waals surface area contributed by atoms with Gasteiger partial charge < -0.3 is 19.3 Å². The molecule has 6 heteroatoms. The molecule has 1 saturated carbocycles. The van der Waals surface area contributed by atoms with Gasteiger partial charge in [-0.2, -0.15) is 0 Å². The third kappa shape index (κ3) is 2.48. The average molecular weight is 371 g/mol. The van der Waals surface area contributed by atoms with Gasteiger partial charge in [-0.25, -0.2) is 4.79 Å². The van der Waals surface area contributed by atoms with Crippen LogP contribution in [0.25, 0.3) is 0 Å². The Labute approximate surface area is 137 Å². The van der Waals surface area contributed by atoms with Crippen LogP contribution in [0.3, 0.4) is 0 Å². The number of esters is 1. The topological polar surface area (TPSA) is 65.0 Å². The van der Waals surface area contributed by atoms with Crippen LogP contribution in [-0.2, 0) is 4.74 Å². The lowest BCUT2D eigenvalue weighted by Gasteiger charge is -2.34. The van der Waals surface area contributed by atoms with Gasteiger partial charge in [-0.1, -0.05) is 0 Å². The summed E-state index contributed by atoms with van der Waals surface area (Å²) in [7, 11) is 1.36. The highest BCUT2D eigenvalue weighted by atomic mass is 79.9. The lowest BCUT2D eigenvalue weighted by Crippen LogP contribution is -2.42. The smallest absolute Gasteiger partial charge is 0.339 e. The van der Waals surface area contributed by atoms with Crippen LogP contribution < -0.4 is 9.47 Å². The lowest BCUT2D eigenvalue weighted by atomic mass is 9.85. The summed E-state index contributed by atoms with van der Waals surface area (Å²) in [6, 6.07) is 1.77. The van der Waals surface area contributed by atoms with Crippen molar-refractivity contribution in [2.75, 3.05) is 13.7 Å². The van der Waals surface area contributed by atoms with Gasteiger partial charge in [-0.05, 0) is 47.7 Å². The highest BCUT2D eigenvalue weighted by Crippen LogP contribution is 2.50. The van der Waals surface area contributed by atoms with Crippen LogP contribution in [0, 0.1) is 12.8 Å². The molecule has 1 spiro atoms. The molecule has 0 aromatic heterocycles. The van der Waals surface area contributed by atoms with Gasteiger partial charge in [-0.3, -0.25) is 0 Å². The number of benzene rings is 1. The van der Waals surface area contributed by atoms with E-state index in [0.717, 1.165) is 31.2 Å². The Balaban J connectivity index is 1.91. The normalized spacial score (nSPS) is 26.3. The summed E-state index contributed by atoms with van der Waals surface area (Å²) in [6.07, 6.45) is 3.21. The zero-order valence-electron chi connectivity index (χ0n) is 12.6. The van der Waals surface area contributed by atoms with Crippen molar-refractivity contribution in [3.05, 3.63) is 21.7 Å². The van der Waals surface area contributed by atoms with E-state index in [-0.39, 0.29) is 6.61 Å². The van der Waals surface area contributed by atoms with Crippen molar-refractivity contribution in [1.82, 2.24) is 0 Å². The molecule has 1 aliphatic heterocycles. The van der Waals surface area contributed by atoms with E-state index >= 15 is 0 Å². The molecule has 1 aromatic carbocycles. The van der Waals surface area contributed by atoms with E-state index in [2.05, 4.69) is 15.9 Å². The Morgan fingerprint density at radius 3 is 2.73 bits per heavy atom. The molecule has 5 nitrogen and oxygen atoms in total. The van der Waals surface area contributed by atoms with Gasteiger partial charge in [0.1, 0.15) is 0 Å². The fourth-order valence-corrected chi connectivity index (χ4v) is 3.86. The molecule has 0 unspecified atom stereocenters. The third-order valence-corrected chi connectivity index (χ3v) is 5.16. The molecule has 0 amide bonds. The minimum Gasteiger partial charge on any atom is -0.465 e. The van der Waals surface area contributed by atoms with E-state index < -0.39 is 11.8 Å². The summed E-state index contributed by atoms with van der Waals surface area (Å²) in [4.78, 5) is 11.9. The van der Waals surface area contributed by atoms with E-state index in [0.29, 0.717) is 27.5 Å². The molecule has 120 valence electrons.